The minimum absolute atomic E-state index is 0.0158. The number of H-pyrrole nitrogens is 1. The van der Waals surface area contributed by atoms with Gasteiger partial charge in [-0.3, -0.25) is 9.59 Å². The predicted octanol–water partition coefficient (Wildman–Crippen LogP) is 2.64. The van der Waals surface area contributed by atoms with E-state index >= 15 is 0 Å². The molecule has 1 aliphatic rings. The highest BCUT2D eigenvalue weighted by atomic mass is 16.3. The number of likely N-dealkylation sites (tertiary alicyclic amines) is 1. The zero-order valence-electron chi connectivity index (χ0n) is 21.0. The van der Waals surface area contributed by atoms with Crippen molar-refractivity contribution in [1.29, 1.82) is 0 Å². The molecule has 2 aromatic carbocycles. The van der Waals surface area contributed by atoms with Crippen LogP contribution in [-0.2, 0) is 11.3 Å². The fourth-order valence-electron chi connectivity index (χ4n) is 5.02. The Balaban J connectivity index is 1.18. The van der Waals surface area contributed by atoms with Crippen molar-refractivity contribution >= 4 is 16.8 Å². The second kappa shape index (κ2) is 11.7. The number of aryl methyl sites for hydroxylation is 2. The Morgan fingerprint density at radius 3 is 2.56 bits per heavy atom. The number of aliphatic hydroxyl groups is 1. The van der Waals surface area contributed by atoms with E-state index in [0.717, 1.165) is 38.0 Å². The Morgan fingerprint density at radius 1 is 1.11 bits per heavy atom. The molecule has 1 unspecified atom stereocenters. The number of aromatic hydroxyl groups is 1. The van der Waals surface area contributed by atoms with Crippen molar-refractivity contribution in [3.8, 4) is 5.75 Å². The van der Waals surface area contributed by atoms with Crippen LogP contribution in [0, 0.1) is 13.8 Å². The second-order valence-corrected chi connectivity index (χ2v) is 9.85. The molecule has 0 aliphatic carbocycles. The fraction of sp³-hybridized carbons (Fsp3) is 0.429. The summed E-state index contributed by atoms with van der Waals surface area (Å²) in [6.45, 7) is 7.62. The van der Waals surface area contributed by atoms with Gasteiger partial charge in [0.2, 0.25) is 11.5 Å². The first-order valence-corrected chi connectivity index (χ1v) is 12.6. The van der Waals surface area contributed by atoms with Crippen LogP contribution in [0.4, 0.5) is 0 Å². The van der Waals surface area contributed by atoms with Crippen LogP contribution in [0.2, 0.25) is 0 Å². The maximum absolute atomic E-state index is 12.3. The molecular weight excluding hydrogens is 456 g/mol. The molecule has 5 N–H and O–H groups in total. The first-order chi connectivity index (χ1) is 17.3. The third-order valence-electron chi connectivity index (χ3n) is 6.88. The van der Waals surface area contributed by atoms with Crippen molar-refractivity contribution in [1.82, 2.24) is 20.5 Å². The SMILES string of the molecule is Cc1cc(C)cc(CNC(=O)CCN2CCC(NCC(O)c3ccc(O)c4[nH]c(=O)ccc34)CC2)c1. The van der Waals surface area contributed by atoms with Gasteiger partial charge in [-0.1, -0.05) is 35.4 Å². The number of nitrogens with zero attached hydrogens (tertiary/aromatic N) is 1. The highest BCUT2D eigenvalue weighted by Gasteiger charge is 2.21. The second-order valence-electron chi connectivity index (χ2n) is 9.85. The summed E-state index contributed by atoms with van der Waals surface area (Å²) in [6, 6.07) is 12.8. The summed E-state index contributed by atoms with van der Waals surface area (Å²) in [5, 5.41) is 27.9. The van der Waals surface area contributed by atoms with Crippen LogP contribution < -0.4 is 16.2 Å². The van der Waals surface area contributed by atoms with Crippen molar-refractivity contribution in [2.45, 2.75) is 51.8 Å². The van der Waals surface area contributed by atoms with Crippen LogP contribution in [0.15, 0.2) is 47.3 Å². The van der Waals surface area contributed by atoms with E-state index in [2.05, 4.69) is 52.6 Å². The Morgan fingerprint density at radius 2 is 1.83 bits per heavy atom. The number of hydrogen-bond donors (Lipinski definition) is 5. The summed E-state index contributed by atoms with van der Waals surface area (Å²) >= 11 is 0. The van der Waals surface area contributed by atoms with E-state index in [1.54, 1.807) is 12.1 Å². The van der Waals surface area contributed by atoms with Gasteiger partial charge in [-0.2, -0.15) is 0 Å². The van der Waals surface area contributed by atoms with E-state index in [0.29, 0.717) is 36.0 Å². The molecule has 0 spiro atoms. The van der Waals surface area contributed by atoms with Crippen LogP contribution in [0.1, 0.15) is 47.6 Å². The number of amides is 1. The normalized spacial score (nSPS) is 15.8. The lowest BCUT2D eigenvalue weighted by molar-refractivity contribution is -0.121. The first kappa shape index (κ1) is 25.9. The minimum Gasteiger partial charge on any atom is -0.506 e. The molecule has 3 aromatic rings. The molecule has 192 valence electrons. The number of carbonyl (C=O) groups excluding carboxylic acids is 1. The van der Waals surface area contributed by atoms with E-state index < -0.39 is 6.10 Å². The summed E-state index contributed by atoms with van der Waals surface area (Å²) in [6.07, 6.45) is 1.61. The van der Waals surface area contributed by atoms with E-state index in [-0.39, 0.29) is 23.3 Å². The zero-order valence-corrected chi connectivity index (χ0v) is 21.0. The summed E-state index contributed by atoms with van der Waals surface area (Å²) in [5.41, 5.74) is 4.24. The third-order valence-corrected chi connectivity index (χ3v) is 6.88. The molecule has 36 heavy (non-hydrogen) atoms. The largest absolute Gasteiger partial charge is 0.506 e. The molecule has 8 heteroatoms. The molecule has 1 amide bonds. The van der Waals surface area contributed by atoms with Gasteiger partial charge in [0, 0.05) is 43.5 Å². The fourth-order valence-corrected chi connectivity index (χ4v) is 5.02. The van der Waals surface area contributed by atoms with E-state index in [1.165, 1.54) is 23.3 Å². The summed E-state index contributed by atoms with van der Waals surface area (Å²) in [4.78, 5) is 28.9. The number of fused-ring (bicyclic) bond motifs is 1. The number of aromatic nitrogens is 1. The lowest BCUT2D eigenvalue weighted by atomic mass is 10.0. The lowest BCUT2D eigenvalue weighted by Gasteiger charge is -2.32. The molecule has 8 nitrogen and oxygen atoms in total. The maximum Gasteiger partial charge on any atom is 0.248 e. The number of hydrogen-bond acceptors (Lipinski definition) is 6. The van der Waals surface area contributed by atoms with Crippen molar-refractivity contribution in [2.24, 2.45) is 0 Å². The standard InChI is InChI=1S/C28H36N4O4/c1-18-13-19(2)15-20(14-18)16-30-26(35)9-12-32-10-7-21(8-11-32)29-17-25(34)22-3-5-24(33)28-23(22)4-6-27(36)31-28/h3-6,13-15,21,25,29,33-34H,7-12,16-17H2,1-2H3,(H,30,35)(H,31,36). The van der Waals surface area contributed by atoms with Crippen LogP contribution in [0.25, 0.3) is 10.9 Å². The predicted molar refractivity (Wildman–Crippen MR) is 141 cm³/mol. The molecule has 4 rings (SSSR count). The highest BCUT2D eigenvalue weighted by Crippen LogP contribution is 2.28. The van der Waals surface area contributed by atoms with E-state index in [9.17, 15) is 19.8 Å². The molecule has 0 radical (unpaired) electrons. The molecule has 2 heterocycles. The van der Waals surface area contributed by atoms with Crippen LogP contribution in [0.5, 0.6) is 5.75 Å². The number of benzene rings is 2. The molecule has 1 atom stereocenters. The van der Waals surface area contributed by atoms with Crippen molar-refractivity contribution < 1.29 is 15.0 Å². The molecular formula is C28H36N4O4. The van der Waals surface area contributed by atoms with Crippen LogP contribution >= 0.6 is 0 Å². The lowest BCUT2D eigenvalue weighted by Crippen LogP contribution is -2.44. The zero-order chi connectivity index (χ0) is 25.7. The average molecular weight is 493 g/mol. The van der Waals surface area contributed by atoms with Gasteiger partial charge in [-0.05, 0) is 63.0 Å². The smallest absolute Gasteiger partial charge is 0.248 e. The number of piperidine rings is 1. The summed E-state index contributed by atoms with van der Waals surface area (Å²) in [7, 11) is 0. The van der Waals surface area contributed by atoms with Gasteiger partial charge >= 0.3 is 0 Å². The van der Waals surface area contributed by atoms with Gasteiger partial charge in [0.05, 0.1) is 11.6 Å². The molecule has 0 saturated carbocycles. The Kier molecular flexibility index (Phi) is 8.40. The van der Waals surface area contributed by atoms with Crippen LogP contribution in [-0.4, -0.2) is 58.2 Å². The maximum atomic E-state index is 12.3. The Labute approximate surface area is 211 Å². The monoisotopic (exact) mass is 492 g/mol. The summed E-state index contributed by atoms with van der Waals surface area (Å²) in [5.74, 6) is 0.0536. The molecule has 1 aromatic heterocycles. The van der Waals surface area contributed by atoms with Gasteiger partial charge < -0.3 is 30.7 Å². The van der Waals surface area contributed by atoms with Gasteiger partial charge in [0.15, 0.2) is 0 Å². The van der Waals surface area contributed by atoms with E-state index in [4.69, 9.17) is 0 Å². The first-order valence-electron chi connectivity index (χ1n) is 12.6. The number of carbonyl (C=O) groups is 1. The van der Waals surface area contributed by atoms with Gasteiger partial charge in [0.1, 0.15) is 5.75 Å². The average Bonchev–Trinajstić information content (AvgIpc) is 2.85. The van der Waals surface area contributed by atoms with Crippen LogP contribution in [0.3, 0.4) is 0 Å². The molecule has 1 saturated heterocycles. The van der Waals surface area contributed by atoms with Gasteiger partial charge in [0.25, 0.3) is 0 Å². The number of aromatic amines is 1. The Bertz CT molecular complexity index is 1240. The van der Waals surface area contributed by atoms with Gasteiger partial charge in [-0.25, -0.2) is 0 Å². The van der Waals surface area contributed by atoms with E-state index in [1.807, 2.05) is 0 Å². The number of nitrogens with one attached hydrogen (secondary N) is 3. The highest BCUT2D eigenvalue weighted by molar-refractivity contribution is 5.87. The Hall–Kier alpha value is -3.20. The van der Waals surface area contributed by atoms with Crippen molar-refractivity contribution in [3.05, 3.63) is 75.1 Å². The number of rotatable bonds is 9. The minimum atomic E-state index is -0.766. The number of pyridine rings is 1. The van der Waals surface area contributed by atoms with Gasteiger partial charge in [-0.15, -0.1) is 0 Å². The molecule has 1 fully saturated rings. The quantitative estimate of drug-likeness (QED) is 0.314. The third kappa shape index (κ3) is 6.72. The number of phenolic OH excluding ortho intramolecular Hbond substituents is 1. The van der Waals surface area contributed by atoms with Crippen molar-refractivity contribution in [3.63, 3.8) is 0 Å². The van der Waals surface area contributed by atoms with Crippen molar-refractivity contribution in [2.75, 3.05) is 26.2 Å². The molecule has 0 bridgehead atoms. The number of phenols is 1. The molecule has 1 aliphatic heterocycles. The topological polar surface area (TPSA) is 118 Å². The number of aliphatic hydroxyl groups excluding tert-OH is 1. The summed E-state index contributed by atoms with van der Waals surface area (Å²) < 4.78 is 0.